The number of ether oxygens (including phenoxy) is 1. The van der Waals surface area contributed by atoms with E-state index >= 15 is 0 Å². The van der Waals surface area contributed by atoms with Gasteiger partial charge in [-0.1, -0.05) is 0 Å². The second kappa shape index (κ2) is 5.17. The SMILES string of the molecule is C[C@@H](O)CC1CNC(C)(C)[C@H]1C(=O)OC(C)(C)C. The van der Waals surface area contributed by atoms with E-state index in [0.717, 1.165) is 6.54 Å². The van der Waals surface area contributed by atoms with E-state index < -0.39 is 11.7 Å². The molecule has 1 heterocycles. The smallest absolute Gasteiger partial charge is 0.311 e. The van der Waals surface area contributed by atoms with E-state index in [-0.39, 0.29) is 23.3 Å². The van der Waals surface area contributed by atoms with E-state index in [1.54, 1.807) is 6.92 Å². The van der Waals surface area contributed by atoms with Crippen molar-refractivity contribution in [2.75, 3.05) is 6.54 Å². The Morgan fingerprint density at radius 1 is 1.50 bits per heavy atom. The van der Waals surface area contributed by atoms with Crippen LogP contribution in [0.5, 0.6) is 0 Å². The van der Waals surface area contributed by atoms with Crippen LogP contribution in [0.4, 0.5) is 0 Å². The molecule has 0 radical (unpaired) electrons. The molecular weight excluding hydrogens is 230 g/mol. The standard InChI is InChI=1S/C14H27NO3/c1-9(16)7-10-8-15-14(5,6)11(10)12(17)18-13(2,3)4/h9-11,15-16H,7-8H2,1-6H3/t9-,10?,11-/m1/s1. The van der Waals surface area contributed by atoms with Crippen LogP contribution in [0.2, 0.25) is 0 Å². The van der Waals surface area contributed by atoms with Gasteiger partial charge in [-0.25, -0.2) is 0 Å². The van der Waals surface area contributed by atoms with Crippen LogP contribution in [0.25, 0.3) is 0 Å². The molecule has 0 bridgehead atoms. The van der Waals surface area contributed by atoms with E-state index in [4.69, 9.17) is 4.74 Å². The second-order valence-corrected chi connectivity index (χ2v) is 6.96. The molecule has 1 fully saturated rings. The number of hydrogen-bond acceptors (Lipinski definition) is 4. The highest BCUT2D eigenvalue weighted by atomic mass is 16.6. The van der Waals surface area contributed by atoms with Crippen molar-refractivity contribution in [1.29, 1.82) is 0 Å². The van der Waals surface area contributed by atoms with Crippen molar-refractivity contribution in [2.45, 2.75) is 65.2 Å². The van der Waals surface area contributed by atoms with Gasteiger partial charge in [-0.15, -0.1) is 0 Å². The Bertz CT molecular complexity index is 305. The van der Waals surface area contributed by atoms with Crippen LogP contribution in [-0.2, 0) is 9.53 Å². The van der Waals surface area contributed by atoms with E-state index in [2.05, 4.69) is 5.32 Å². The zero-order valence-corrected chi connectivity index (χ0v) is 12.4. The number of aliphatic hydroxyl groups is 1. The van der Waals surface area contributed by atoms with Gasteiger partial charge in [0.05, 0.1) is 12.0 Å². The zero-order valence-electron chi connectivity index (χ0n) is 12.4. The lowest BCUT2D eigenvalue weighted by Crippen LogP contribution is -2.45. The number of esters is 1. The van der Waals surface area contributed by atoms with Gasteiger partial charge in [0.25, 0.3) is 0 Å². The third-order valence-corrected chi connectivity index (χ3v) is 3.37. The molecule has 1 rings (SSSR count). The molecule has 106 valence electrons. The van der Waals surface area contributed by atoms with Crippen LogP contribution >= 0.6 is 0 Å². The Morgan fingerprint density at radius 3 is 2.50 bits per heavy atom. The first-order valence-corrected chi connectivity index (χ1v) is 6.69. The molecule has 1 aliphatic rings. The lowest BCUT2D eigenvalue weighted by molar-refractivity contribution is -0.163. The highest BCUT2D eigenvalue weighted by Crippen LogP contribution is 2.35. The zero-order chi connectivity index (χ0) is 14.1. The summed E-state index contributed by atoms with van der Waals surface area (Å²) < 4.78 is 5.51. The van der Waals surface area contributed by atoms with Crippen molar-refractivity contribution in [3.8, 4) is 0 Å². The third kappa shape index (κ3) is 3.95. The van der Waals surface area contributed by atoms with Gasteiger partial charge in [0.1, 0.15) is 5.60 Å². The van der Waals surface area contributed by atoms with E-state index in [1.165, 1.54) is 0 Å². The summed E-state index contributed by atoms with van der Waals surface area (Å²) in [5.74, 6) is -0.232. The Labute approximate surface area is 110 Å². The first-order valence-electron chi connectivity index (χ1n) is 6.69. The molecule has 0 aromatic rings. The molecule has 0 aliphatic carbocycles. The topological polar surface area (TPSA) is 58.6 Å². The Hall–Kier alpha value is -0.610. The minimum absolute atomic E-state index is 0.134. The van der Waals surface area contributed by atoms with Crippen LogP contribution in [0.15, 0.2) is 0 Å². The average molecular weight is 257 g/mol. The van der Waals surface area contributed by atoms with Gasteiger partial charge in [0.2, 0.25) is 0 Å². The Morgan fingerprint density at radius 2 is 2.06 bits per heavy atom. The summed E-state index contributed by atoms with van der Waals surface area (Å²) in [6.07, 6.45) is 0.232. The van der Waals surface area contributed by atoms with Gasteiger partial charge in [0, 0.05) is 5.54 Å². The summed E-state index contributed by atoms with van der Waals surface area (Å²) in [6, 6.07) is 0. The third-order valence-electron chi connectivity index (χ3n) is 3.37. The molecule has 0 spiro atoms. The first kappa shape index (κ1) is 15.4. The van der Waals surface area contributed by atoms with Gasteiger partial charge >= 0.3 is 5.97 Å². The summed E-state index contributed by atoms with van der Waals surface area (Å²) in [4.78, 5) is 12.3. The number of hydrogen-bond donors (Lipinski definition) is 2. The summed E-state index contributed by atoms with van der Waals surface area (Å²) in [5, 5.41) is 12.9. The fraction of sp³-hybridized carbons (Fsp3) is 0.929. The summed E-state index contributed by atoms with van der Waals surface area (Å²) in [5.41, 5.74) is -0.743. The molecule has 1 aliphatic heterocycles. The van der Waals surface area contributed by atoms with Crippen molar-refractivity contribution in [3.63, 3.8) is 0 Å². The van der Waals surface area contributed by atoms with Gasteiger partial charge in [0.15, 0.2) is 0 Å². The molecular formula is C14H27NO3. The first-order chi connectivity index (χ1) is 8.03. The lowest BCUT2D eigenvalue weighted by Gasteiger charge is -2.31. The maximum atomic E-state index is 12.3. The van der Waals surface area contributed by atoms with Gasteiger partial charge in [-0.2, -0.15) is 0 Å². The molecule has 0 saturated carbocycles. The van der Waals surface area contributed by atoms with Gasteiger partial charge in [-0.05, 0) is 60.4 Å². The Balaban J connectivity index is 2.82. The van der Waals surface area contributed by atoms with Crippen LogP contribution in [0.1, 0.15) is 48.0 Å². The summed E-state index contributed by atoms with van der Waals surface area (Å²) in [7, 11) is 0. The van der Waals surface area contributed by atoms with Crippen molar-refractivity contribution >= 4 is 5.97 Å². The quantitative estimate of drug-likeness (QED) is 0.756. The fourth-order valence-corrected chi connectivity index (χ4v) is 2.72. The van der Waals surface area contributed by atoms with Crippen molar-refractivity contribution in [2.24, 2.45) is 11.8 Å². The summed E-state index contributed by atoms with van der Waals surface area (Å²) in [6.45, 7) is 12.2. The number of aliphatic hydroxyl groups excluding tert-OH is 1. The predicted molar refractivity (Wildman–Crippen MR) is 71.2 cm³/mol. The highest BCUT2D eigenvalue weighted by Gasteiger charge is 2.47. The van der Waals surface area contributed by atoms with Crippen LogP contribution in [0.3, 0.4) is 0 Å². The fourth-order valence-electron chi connectivity index (χ4n) is 2.72. The number of carbonyl (C=O) groups excluding carboxylic acids is 1. The van der Waals surface area contributed by atoms with Crippen molar-refractivity contribution in [3.05, 3.63) is 0 Å². The maximum absolute atomic E-state index is 12.3. The normalized spacial score (nSPS) is 29.1. The molecule has 4 heteroatoms. The van der Waals surface area contributed by atoms with Gasteiger partial charge in [-0.3, -0.25) is 4.79 Å². The molecule has 0 amide bonds. The maximum Gasteiger partial charge on any atom is 0.311 e. The molecule has 3 atom stereocenters. The average Bonchev–Trinajstić information content (AvgIpc) is 2.36. The molecule has 0 aromatic carbocycles. The van der Waals surface area contributed by atoms with E-state index in [1.807, 2.05) is 34.6 Å². The van der Waals surface area contributed by atoms with Crippen LogP contribution < -0.4 is 5.32 Å². The Kier molecular flexibility index (Phi) is 4.44. The molecule has 1 unspecified atom stereocenters. The van der Waals surface area contributed by atoms with Gasteiger partial charge < -0.3 is 15.2 Å². The molecule has 18 heavy (non-hydrogen) atoms. The highest BCUT2D eigenvalue weighted by molar-refractivity contribution is 5.75. The van der Waals surface area contributed by atoms with E-state index in [9.17, 15) is 9.90 Å². The summed E-state index contributed by atoms with van der Waals surface area (Å²) >= 11 is 0. The predicted octanol–water partition coefficient (Wildman–Crippen LogP) is 1.71. The molecule has 0 aromatic heterocycles. The van der Waals surface area contributed by atoms with E-state index in [0.29, 0.717) is 6.42 Å². The molecule has 1 saturated heterocycles. The molecule has 4 nitrogen and oxygen atoms in total. The largest absolute Gasteiger partial charge is 0.460 e. The number of nitrogens with one attached hydrogen (secondary N) is 1. The minimum atomic E-state index is -0.467. The number of rotatable bonds is 3. The second-order valence-electron chi connectivity index (χ2n) is 6.96. The lowest BCUT2D eigenvalue weighted by atomic mass is 9.80. The monoisotopic (exact) mass is 257 g/mol. The van der Waals surface area contributed by atoms with Crippen LogP contribution in [0, 0.1) is 11.8 Å². The van der Waals surface area contributed by atoms with Crippen LogP contribution in [-0.4, -0.2) is 34.9 Å². The van der Waals surface area contributed by atoms with Crippen molar-refractivity contribution < 1.29 is 14.6 Å². The van der Waals surface area contributed by atoms with Crippen molar-refractivity contribution in [1.82, 2.24) is 5.32 Å². The minimum Gasteiger partial charge on any atom is -0.460 e. The molecule has 2 N–H and O–H groups in total. The number of carbonyl (C=O) groups is 1.